The van der Waals surface area contributed by atoms with Gasteiger partial charge in [0, 0.05) is 23.5 Å². The van der Waals surface area contributed by atoms with Gasteiger partial charge in [0.2, 0.25) is 0 Å². The van der Waals surface area contributed by atoms with Gasteiger partial charge in [0.25, 0.3) is 0 Å². The number of nitrogens with two attached hydrogens (primary N) is 1. The molecule has 3 heterocycles. The lowest BCUT2D eigenvalue weighted by atomic mass is 9.93. The number of likely N-dealkylation sites (tertiary alicyclic amines) is 1. The zero-order chi connectivity index (χ0) is 11.1. The second-order valence-corrected chi connectivity index (χ2v) is 5.84. The molecule has 2 N–H and O–H groups in total. The van der Waals surface area contributed by atoms with Gasteiger partial charge in [-0.15, -0.1) is 11.3 Å². The molecule has 4 heteroatoms. The zero-order valence-electron chi connectivity index (χ0n) is 9.61. The van der Waals surface area contributed by atoms with Crippen LogP contribution in [-0.4, -0.2) is 24.5 Å². The van der Waals surface area contributed by atoms with Gasteiger partial charge in [0.1, 0.15) is 0 Å². The highest BCUT2D eigenvalue weighted by atomic mass is 32.1. The van der Waals surface area contributed by atoms with Gasteiger partial charge in [-0.25, -0.2) is 0 Å². The molecule has 0 radical (unpaired) electrons. The maximum Gasteiger partial charge on any atom is 0.0817 e. The summed E-state index contributed by atoms with van der Waals surface area (Å²) in [6.07, 6.45) is 2.32. The van der Waals surface area contributed by atoms with Crippen LogP contribution < -0.4 is 5.73 Å². The Bertz CT molecular complexity index is 390. The van der Waals surface area contributed by atoms with Crippen molar-refractivity contribution < 1.29 is 4.74 Å². The minimum atomic E-state index is 0.351. The number of hydrogen-bond donors (Lipinski definition) is 1. The molecule has 1 fully saturated rings. The molecular formula is C12H18N2OS. The quantitative estimate of drug-likeness (QED) is 0.812. The standard InChI is InChI=1S/C12H18N2OS/c1-14-4-8(13)2-3-11(14)10-7-16-12-6-15-5-9(10)12/h7-8,11H,2-6,13H2,1H3. The van der Waals surface area contributed by atoms with Crippen molar-refractivity contribution in [2.75, 3.05) is 13.6 Å². The van der Waals surface area contributed by atoms with Crippen molar-refractivity contribution in [2.24, 2.45) is 5.73 Å². The van der Waals surface area contributed by atoms with Crippen molar-refractivity contribution in [1.29, 1.82) is 0 Å². The van der Waals surface area contributed by atoms with Gasteiger partial charge in [0.15, 0.2) is 0 Å². The van der Waals surface area contributed by atoms with Crippen LogP contribution in [-0.2, 0) is 18.0 Å². The van der Waals surface area contributed by atoms with Gasteiger partial charge in [-0.1, -0.05) is 0 Å². The fourth-order valence-electron chi connectivity index (χ4n) is 2.82. The summed E-state index contributed by atoms with van der Waals surface area (Å²) in [6, 6.07) is 0.908. The molecule has 1 saturated heterocycles. The third kappa shape index (κ3) is 1.70. The fraction of sp³-hybridized carbons (Fsp3) is 0.667. The Balaban J connectivity index is 1.86. The molecule has 1 aromatic rings. The van der Waals surface area contributed by atoms with Crippen molar-refractivity contribution in [3.63, 3.8) is 0 Å². The molecule has 1 aromatic heterocycles. The number of ether oxygens (including phenoxy) is 1. The molecule has 2 unspecified atom stereocenters. The Morgan fingerprint density at radius 3 is 3.12 bits per heavy atom. The molecule has 3 rings (SSSR count). The van der Waals surface area contributed by atoms with Crippen molar-refractivity contribution in [3.05, 3.63) is 21.4 Å². The van der Waals surface area contributed by atoms with E-state index < -0.39 is 0 Å². The molecule has 2 aliphatic rings. The number of nitrogens with zero attached hydrogens (tertiary/aromatic N) is 1. The van der Waals surface area contributed by atoms with Crippen LogP contribution in [0.2, 0.25) is 0 Å². The van der Waals surface area contributed by atoms with Crippen LogP contribution in [0.5, 0.6) is 0 Å². The third-order valence-electron chi connectivity index (χ3n) is 3.72. The molecule has 2 aliphatic heterocycles. The molecule has 0 amide bonds. The molecule has 16 heavy (non-hydrogen) atoms. The van der Waals surface area contributed by atoms with E-state index in [0.717, 1.165) is 26.2 Å². The topological polar surface area (TPSA) is 38.5 Å². The average molecular weight is 238 g/mol. The Labute approximate surface area is 100 Å². The Kier molecular flexibility index (Phi) is 2.75. The lowest BCUT2D eigenvalue weighted by molar-refractivity contribution is 0.132. The molecule has 88 valence electrons. The Hall–Kier alpha value is -0.420. The average Bonchev–Trinajstić information content (AvgIpc) is 2.80. The van der Waals surface area contributed by atoms with Crippen LogP contribution in [0.3, 0.4) is 0 Å². The first-order valence-electron chi connectivity index (χ1n) is 5.88. The predicted molar refractivity (Wildman–Crippen MR) is 65.4 cm³/mol. The van der Waals surface area contributed by atoms with E-state index in [-0.39, 0.29) is 0 Å². The van der Waals surface area contributed by atoms with Crippen LogP contribution in [0, 0.1) is 0 Å². The number of piperidine rings is 1. The van der Waals surface area contributed by atoms with Crippen LogP contribution in [0.4, 0.5) is 0 Å². The molecule has 0 spiro atoms. The maximum atomic E-state index is 5.99. The zero-order valence-corrected chi connectivity index (χ0v) is 10.4. The van der Waals surface area contributed by atoms with E-state index in [2.05, 4.69) is 17.3 Å². The first-order chi connectivity index (χ1) is 7.75. The first kappa shape index (κ1) is 10.7. The van der Waals surface area contributed by atoms with Gasteiger partial charge >= 0.3 is 0 Å². The van der Waals surface area contributed by atoms with E-state index >= 15 is 0 Å². The maximum absolute atomic E-state index is 5.99. The van der Waals surface area contributed by atoms with Crippen molar-refractivity contribution in [2.45, 2.75) is 38.1 Å². The highest BCUT2D eigenvalue weighted by Crippen LogP contribution is 2.38. The van der Waals surface area contributed by atoms with Crippen molar-refractivity contribution in [1.82, 2.24) is 4.90 Å². The summed E-state index contributed by atoms with van der Waals surface area (Å²) in [6.45, 7) is 2.64. The number of thiophene rings is 1. The Morgan fingerprint density at radius 2 is 2.31 bits per heavy atom. The summed E-state index contributed by atoms with van der Waals surface area (Å²) in [4.78, 5) is 3.83. The highest BCUT2D eigenvalue weighted by Gasteiger charge is 2.29. The summed E-state index contributed by atoms with van der Waals surface area (Å²) < 4.78 is 5.51. The predicted octanol–water partition coefficient (Wildman–Crippen LogP) is 1.87. The van der Waals surface area contributed by atoms with E-state index in [9.17, 15) is 0 Å². The van der Waals surface area contributed by atoms with Gasteiger partial charge < -0.3 is 10.5 Å². The number of rotatable bonds is 1. The SMILES string of the molecule is CN1CC(N)CCC1c1csc2c1COC2. The van der Waals surface area contributed by atoms with Crippen LogP contribution in [0.25, 0.3) is 0 Å². The van der Waals surface area contributed by atoms with Crippen molar-refractivity contribution in [3.8, 4) is 0 Å². The molecule has 2 atom stereocenters. The lowest BCUT2D eigenvalue weighted by Crippen LogP contribution is -2.42. The smallest absolute Gasteiger partial charge is 0.0817 e. The van der Waals surface area contributed by atoms with E-state index in [0.29, 0.717) is 12.1 Å². The first-order valence-corrected chi connectivity index (χ1v) is 6.76. The summed E-state index contributed by atoms with van der Waals surface area (Å²) >= 11 is 1.85. The minimum absolute atomic E-state index is 0.351. The number of fused-ring (bicyclic) bond motifs is 1. The summed E-state index contributed by atoms with van der Waals surface area (Å²) in [5.41, 5.74) is 8.94. The van der Waals surface area contributed by atoms with E-state index in [1.54, 1.807) is 0 Å². The molecule has 0 aliphatic carbocycles. The molecule has 3 nitrogen and oxygen atoms in total. The second kappa shape index (κ2) is 4.11. The highest BCUT2D eigenvalue weighted by molar-refractivity contribution is 7.10. The van der Waals surface area contributed by atoms with Crippen molar-refractivity contribution >= 4 is 11.3 Å². The van der Waals surface area contributed by atoms with Crippen LogP contribution >= 0.6 is 11.3 Å². The molecular weight excluding hydrogens is 220 g/mol. The third-order valence-corrected chi connectivity index (χ3v) is 4.74. The van der Waals surface area contributed by atoms with E-state index in [1.807, 2.05) is 11.3 Å². The second-order valence-electron chi connectivity index (χ2n) is 4.88. The van der Waals surface area contributed by atoms with Crippen LogP contribution in [0.1, 0.15) is 34.9 Å². The van der Waals surface area contributed by atoms with Gasteiger partial charge in [-0.05, 0) is 36.4 Å². The summed E-state index contributed by atoms with van der Waals surface area (Å²) in [5.74, 6) is 0. The molecule has 0 aromatic carbocycles. The molecule has 0 bridgehead atoms. The minimum Gasteiger partial charge on any atom is -0.371 e. The van der Waals surface area contributed by atoms with Gasteiger partial charge in [0.05, 0.1) is 13.2 Å². The Morgan fingerprint density at radius 1 is 1.44 bits per heavy atom. The van der Waals surface area contributed by atoms with E-state index in [4.69, 9.17) is 10.5 Å². The fourth-order valence-corrected chi connectivity index (χ4v) is 3.86. The van der Waals surface area contributed by atoms with Crippen LogP contribution in [0.15, 0.2) is 5.38 Å². The normalized spacial score (nSPS) is 30.6. The summed E-state index contributed by atoms with van der Waals surface area (Å²) in [5, 5.41) is 2.32. The number of hydrogen-bond acceptors (Lipinski definition) is 4. The molecule has 0 saturated carbocycles. The monoisotopic (exact) mass is 238 g/mol. The lowest BCUT2D eigenvalue weighted by Gasteiger charge is -2.36. The largest absolute Gasteiger partial charge is 0.371 e. The number of likely N-dealkylation sites (N-methyl/N-ethyl adjacent to an activating group) is 1. The van der Waals surface area contributed by atoms with E-state index in [1.165, 1.54) is 22.4 Å². The van der Waals surface area contributed by atoms with Gasteiger partial charge in [-0.3, -0.25) is 4.90 Å². The van der Waals surface area contributed by atoms with Gasteiger partial charge in [-0.2, -0.15) is 0 Å². The summed E-state index contributed by atoms with van der Waals surface area (Å²) in [7, 11) is 2.18.